The van der Waals surface area contributed by atoms with E-state index in [1.807, 2.05) is 18.4 Å². The Bertz CT molecular complexity index is 357. The number of thiophene rings is 1. The van der Waals surface area contributed by atoms with Crippen molar-refractivity contribution in [2.24, 2.45) is 5.92 Å². The van der Waals surface area contributed by atoms with E-state index in [1.54, 1.807) is 0 Å². The van der Waals surface area contributed by atoms with Gasteiger partial charge in [-0.1, -0.05) is 39.5 Å². The van der Waals surface area contributed by atoms with Gasteiger partial charge in [-0.2, -0.15) is 0 Å². The lowest BCUT2D eigenvalue weighted by atomic mass is 10.0. The average Bonchev–Trinajstić information content (AvgIpc) is 2.73. The summed E-state index contributed by atoms with van der Waals surface area (Å²) in [6.45, 7) is 7.32. The predicted molar refractivity (Wildman–Crippen MR) is 79.3 cm³/mol. The maximum absolute atomic E-state index is 11.8. The summed E-state index contributed by atoms with van der Waals surface area (Å²) in [5, 5.41) is 4.97. The molecule has 0 spiro atoms. The van der Waals surface area contributed by atoms with Gasteiger partial charge in [-0.25, -0.2) is 0 Å². The predicted octanol–water partition coefficient (Wildman–Crippen LogP) is 4.39. The van der Waals surface area contributed by atoms with E-state index in [2.05, 4.69) is 19.2 Å². The van der Waals surface area contributed by atoms with Crippen LogP contribution in [0, 0.1) is 12.8 Å². The lowest BCUT2D eigenvalue weighted by molar-refractivity contribution is 0.0956. The van der Waals surface area contributed by atoms with Crippen molar-refractivity contribution in [2.75, 3.05) is 6.54 Å². The number of rotatable bonds is 8. The maximum atomic E-state index is 11.8. The molecule has 2 nitrogen and oxygen atoms in total. The summed E-state index contributed by atoms with van der Waals surface area (Å²) in [6.07, 6.45) is 6.23. The maximum Gasteiger partial charge on any atom is 0.261 e. The fraction of sp³-hybridized carbons (Fsp3) is 0.667. The van der Waals surface area contributed by atoms with E-state index in [4.69, 9.17) is 0 Å². The molecule has 3 heteroatoms. The summed E-state index contributed by atoms with van der Waals surface area (Å²) in [5.74, 6) is 0.899. The molecular weight excluding hydrogens is 242 g/mol. The monoisotopic (exact) mass is 267 g/mol. The van der Waals surface area contributed by atoms with E-state index in [-0.39, 0.29) is 5.91 Å². The summed E-state index contributed by atoms with van der Waals surface area (Å²) in [4.78, 5) is 12.7. The molecule has 0 aliphatic carbocycles. The first-order valence-electron chi connectivity index (χ1n) is 6.93. The second-order valence-electron chi connectivity index (χ2n) is 5.29. The summed E-state index contributed by atoms with van der Waals surface area (Å²) in [5.41, 5.74) is 1.08. The lowest BCUT2D eigenvalue weighted by Crippen LogP contribution is -2.24. The van der Waals surface area contributed by atoms with E-state index in [0.717, 1.165) is 29.3 Å². The number of nitrogens with one attached hydrogen (secondary N) is 1. The van der Waals surface area contributed by atoms with E-state index in [1.165, 1.54) is 37.0 Å². The Morgan fingerprint density at radius 2 is 2.00 bits per heavy atom. The zero-order valence-electron chi connectivity index (χ0n) is 11.8. The minimum atomic E-state index is 0.0877. The SMILES string of the molecule is Cc1ccsc1C(=O)NCCCCCCC(C)C. The van der Waals surface area contributed by atoms with Crippen molar-refractivity contribution in [1.29, 1.82) is 0 Å². The van der Waals surface area contributed by atoms with Gasteiger partial charge in [0, 0.05) is 6.54 Å². The Hall–Kier alpha value is -0.830. The molecule has 0 aromatic carbocycles. The third-order valence-electron chi connectivity index (χ3n) is 3.06. The van der Waals surface area contributed by atoms with E-state index in [9.17, 15) is 4.79 Å². The molecular formula is C15H25NOS. The Balaban J connectivity index is 2.05. The van der Waals surface area contributed by atoms with Gasteiger partial charge >= 0.3 is 0 Å². The van der Waals surface area contributed by atoms with Crippen LogP contribution in [0.25, 0.3) is 0 Å². The number of carbonyl (C=O) groups excluding carboxylic acids is 1. The molecule has 1 N–H and O–H groups in total. The summed E-state index contributed by atoms with van der Waals surface area (Å²) in [7, 11) is 0. The van der Waals surface area contributed by atoms with Gasteiger partial charge in [-0.3, -0.25) is 4.79 Å². The highest BCUT2D eigenvalue weighted by Gasteiger charge is 2.08. The highest BCUT2D eigenvalue weighted by atomic mass is 32.1. The average molecular weight is 267 g/mol. The van der Waals surface area contributed by atoms with Crippen LogP contribution in [-0.2, 0) is 0 Å². The van der Waals surface area contributed by atoms with Crippen LogP contribution >= 0.6 is 11.3 Å². The van der Waals surface area contributed by atoms with Crippen LogP contribution in [0.5, 0.6) is 0 Å². The first kappa shape index (κ1) is 15.2. The Morgan fingerprint density at radius 1 is 1.28 bits per heavy atom. The fourth-order valence-corrected chi connectivity index (χ4v) is 2.76. The second-order valence-corrected chi connectivity index (χ2v) is 6.20. The molecule has 0 aliphatic heterocycles. The van der Waals surface area contributed by atoms with Gasteiger partial charge in [-0.15, -0.1) is 11.3 Å². The van der Waals surface area contributed by atoms with Gasteiger partial charge in [0.15, 0.2) is 0 Å². The van der Waals surface area contributed by atoms with E-state index < -0.39 is 0 Å². The molecule has 0 fully saturated rings. The minimum absolute atomic E-state index is 0.0877. The van der Waals surface area contributed by atoms with Crippen LogP contribution < -0.4 is 5.32 Å². The number of unbranched alkanes of at least 4 members (excludes halogenated alkanes) is 3. The number of amides is 1. The molecule has 1 aromatic rings. The first-order valence-corrected chi connectivity index (χ1v) is 7.81. The molecule has 1 amide bonds. The number of carbonyl (C=O) groups is 1. The van der Waals surface area contributed by atoms with Crippen molar-refractivity contribution < 1.29 is 4.79 Å². The van der Waals surface area contributed by atoms with Crippen LogP contribution in [0.15, 0.2) is 11.4 Å². The lowest BCUT2D eigenvalue weighted by Gasteiger charge is -2.06. The molecule has 102 valence electrons. The zero-order chi connectivity index (χ0) is 13.4. The zero-order valence-corrected chi connectivity index (χ0v) is 12.6. The summed E-state index contributed by atoms with van der Waals surface area (Å²) >= 11 is 1.52. The van der Waals surface area contributed by atoms with Gasteiger partial charge in [-0.05, 0) is 36.3 Å². The topological polar surface area (TPSA) is 29.1 Å². The van der Waals surface area contributed by atoms with Gasteiger partial charge in [0.05, 0.1) is 4.88 Å². The molecule has 0 unspecified atom stereocenters. The van der Waals surface area contributed by atoms with Gasteiger partial charge in [0.2, 0.25) is 0 Å². The highest BCUT2D eigenvalue weighted by Crippen LogP contribution is 2.15. The standard InChI is InChI=1S/C15H25NOS/c1-12(2)8-6-4-5-7-10-16-15(17)14-13(3)9-11-18-14/h9,11-12H,4-8,10H2,1-3H3,(H,16,17). The van der Waals surface area contributed by atoms with Crippen LogP contribution in [0.3, 0.4) is 0 Å². The first-order chi connectivity index (χ1) is 8.61. The van der Waals surface area contributed by atoms with Gasteiger partial charge in [0.25, 0.3) is 5.91 Å². The Kier molecular flexibility index (Phi) is 7.02. The molecule has 1 rings (SSSR count). The molecule has 0 aliphatic rings. The summed E-state index contributed by atoms with van der Waals surface area (Å²) < 4.78 is 0. The van der Waals surface area contributed by atoms with Crippen LogP contribution in [0.4, 0.5) is 0 Å². The van der Waals surface area contributed by atoms with Crippen molar-refractivity contribution in [3.8, 4) is 0 Å². The van der Waals surface area contributed by atoms with Crippen LogP contribution in [0.2, 0.25) is 0 Å². The molecule has 18 heavy (non-hydrogen) atoms. The number of hydrogen-bond acceptors (Lipinski definition) is 2. The fourth-order valence-electron chi connectivity index (χ4n) is 1.92. The number of aryl methyl sites for hydroxylation is 1. The number of hydrogen-bond donors (Lipinski definition) is 1. The smallest absolute Gasteiger partial charge is 0.261 e. The molecule has 0 saturated heterocycles. The molecule has 0 bridgehead atoms. The highest BCUT2D eigenvalue weighted by molar-refractivity contribution is 7.12. The van der Waals surface area contributed by atoms with Crippen molar-refractivity contribution in [3.63, 3.8) is 0 Å². The molecule has 0 atom stereocenters. The van der Waals surface area contributed by atoms with E-state index >= 15 is 0 Å². The van der Waals surface area contributed by atoms with Crippen molar-refractivity contribution in [3.05, 3.63) is 21.9 Å². The minimum Gasteiger partial charge on any atom is -0.351 e. The van der Waals surface area contributed by atoms with E-state index in [0.29, 0.717) is 0 Å². The van der Waals surface area contributed by atoms with Crippen LogP contribution in [-0.4, -0.2) is 12.5 Å². The van der Waals surface area contributed by atoms with Crippen molar-refractivity contribution in [1.82, 2.24) is 5.32 Å². The van der Waals surface area contributed by atoms with Gasteiger partial charge < -0.3 is 5.32 Å². The van der Waals surface area contributed by atoms with Gasteiger partial charge in [0.1, 0.15) is 0 Å². The molecule has 1 heterocycles. The third kappa shape index (κ3) is 5.67. The van der Waals surface area contributed by atoms with Crippen molar-refractivity contribution in [2.45, 2.75) is 52.9 Å². The molecule has 1 aromatic heterocycles. The Labute approximate surface area is 115 Å². The normalized spacial score (nSPS) is 10.9. The van der Waals surface area contributed by atoms with Crippen molar-refractivity contribution >= 4 is 17.2 Å². The van der Waals surface area contributed by atoms with Crippen LogP contribution in [0.1, 0.15) is 61.2 Å². The summed E-state index contributed by atoms with van der Waals surface area (Å²) in [6, 6.07) is 1.99. The Morgan fingerprint density at radius 3 is 2.61 bits per heavy atom. The molecule has 0 radical (unpaired) electrons. The molecule has 0 saturated carbocycles. The third-order valence-corrected chi connectivity index (χ3v) is 4.08. The largest absolute Gasteiger partial charge is 0.351 e. The second kappa shape index (κ2) is 8.30. The quantitative estimate of drug-likeness (QED) is 0.695.